The largest absolute Gasteiger partial charge is 0.404 e. The first-order chi connectivity index (χ1) is 15.6. The maximum Gasteiger partial charge on any atom is 0.404 e. The molecule has 0 aliphatic heterocycles. The van der Waals surface area contributed by atoms with Crippen LogP contribution >= 0.6 is 0 Å². The van der Waals surface area contributed by atoms with E-state index in [0.29, 0.717) is 29.3 Å². The van der Waals surface area contributed by atoms with Crippen molar-refractivity contribution in [2.24, 2.45) is 0 Å². The van der Waals surface area contributed by atoms with Gasteiger partial charge in [-0.15, -0.1) is 0 Å². The van der Waals surface area contributed by atoms with Crippen LogP contribution < -0.4 is 4.72 Å². The van der Waals surface area contributed by atoms with Gasteiger partial charge in [-0.05, 0) is 37.3 Å². The predicted molar refractivity (Wildman–Crippen MR) is 112 cm³/mol. The molecule has 1 aliphatic rings. The summed E-state index contributed by atoms with van der Waals surface area (Å²) in [6.07, 6.45) is 2.85. The molecule has 1 aliphatic carbocycles. The molecule has 0 saturated carbocycles. The summed E-state index contributed by atoms with van der Waals surface area (Å²) in [6.45, 7) is 0.694. The monoisotopic (exact) mass is 470 g/mol. The highest BCUT2D eigenvalue weighted by atomic mass is 32.2. The molecule has 0 saturated heterocycles. The highest BCUT2D eigenvalue weighted by molar-refractivity contribution is 7.89. The number of halogens is 3. The summed E-state index contributed by atoms with van der Waals surface area (Å²) in [5.74, 6) is 0. The molecular weight excluding hydrogens is 457 g/mol. The Morgan fingerprint density at radius 3 is 2.39 bits per heavy atom. The summed E-state index contributed by atoms with van der Waals surface area (Å²) in [7, 11) is -4.49. The van der Waals surface area contributed by atoms with Gasteiger partial charge in [-0.1, -0.05) is 6.08 Å². The molecule has 12 heteroatoms. The number of pyridine rings is 2. The first kappa shape index (κ1) is 22.2. The summed E-state index contributed by atoms with van der Waals surface area (Å²) in [5, 5.41) is 19.4. The minimum Gasteiger partial charge on any atom is -0.291 e. The van der Waals surface area contributed by atoms with E-state index in [1.807, 2.05) is 6.07 Å². The summed E-state index contributed by atoms with van der Waals surface area (Å²) < 4.78 is 66.2. The molecule has 1 atom stereocenters. The molecule has 3 aromatic rings. The van der Waals surface area contributed by atoms with E-state index in [2.05, 4.69) is 16.0 Å². The van der Waals surface area contributed by atoms with E-state index >= 15 is 0 Å². The van der Waals surface area contributed by atoms with E-state index in [0.717, 1.165) is 12.3 Å². The molecule has 0 spiro atoms. The normalized spacial score (nSPS) is 14.3. The zero-order chi connectivity index (χ0) is 24.0. The summed E-state index contributed by atoms with van der Waals surface area (Å²) in [6, 6.07) is 5.69. The molecule has 3 heterocycles. The lowest BCUT2D eigenvalue weighted by atomic mass is 10.1. The van der Waals surface area contributed by atoms with Crippen molar-refractivity contribution in [2.45, 2.75) is 24.0 Å². The molecule has 0 aromatic carbocycles. The van der Waals surface area contributed by atoms with Gasteiger partial charge < -0.3 is 0 Å². The van der Waals surface area contributed by atoms with Crippen LogP contribution in [0.15, 0.2) is 53.7 Å². The van der Waals surface area contributed by atoms with Crippen LogP contribution in [0.2, 0.25) is 0 Å². The number of rotatable bonds is 5. The van der Waals surface area contributed by atoms with Gasteiger partial charge in [0.1, 0.15) is 28.7 Å². The quantitative estimate of drug-likeness (QED) is 0.609. The van der Waals surface area contributed by atoms with Crippen LogP contribution in [0.4, 0.5) is 13.2 Å². The Hall–Kier alpha value is -4.00. The van der Waals surface area contributed by atoms with Crippen LogP contribution in [-0.4, -0.2) is 35.2 Å². The Balaban J connectivity index is 1.83. The maximum absolute atomic E-state index is 12.8. The predicted octanol–water partition coefficient (Wildman–Crippen LogP) is 3.48. The molecule has 33 heavy (non-hydrogen) atoms. The zero-order valence-electron chi connectivity index (χ0n) is 16.8. The molecule has 0 fully saturated rings. The lowest BCUT2D eigenvalue weighted by Gasteiger charge is -2.17. The Kier molecular flexibility index (Phi) is 5.28. The molecule has 8 nitrogen and oxygen atoms in total. The number of hydrogen-bond acceptors (Lipinski definition) is 6. The molecule has 0 radical (unpaired) electrons. The number of aromatic nitrogens is 3. The first-order valence-electron chi connectivity index (χ1n) is 9.35. The minimum atomic E-state index is -4.75. The molecule has 4 rings (SSSR count). The number of sulfonamides is 1. The number of alkyl halides is 3. The fourth-order valence-electron chi connectivity index (χ4n) is 3.21. The molecular formula is C21H13F3N6O2S. The minimum absolute atomic E-state index is 0.169. The number of fused-ring (bicyclic) bond motifs is 1. The van der Waals surface area contributed by atoms with Gasteiger partial charge in [-0.3, -0.25) is 9.55 Å². The number of nitrogens with one attached hydrogen (secondary N) is 1. The van der Waals surface area contributed by atoms with Gasteiger partial charge >= 0.3 is 6.18 Å². The van der Waals surface area contributed by atoms with Gasteiger partial charge in [0.05, 0.1) is 22.5 Å². The van der Waals surface area contributed by atoms with Crippen molar-refractivity contribution < 1.29 is 21.6 Å². The van der Waals surface area contributed by atoms with Gasteiger partial charge in [0.25, 0.3) is 0 Å². The average molecular weight is 470 g/mol. The van der Waals surface area contributed by atoms with Crippen molar-refractivity contribution in [3.63, 3.8) is 0 Å². The summed E-state index contributed by atoms with van der Waals surface area (Å²) in [4.78, 5) is 7.95. The lowest BCUT2D eigenvalue weighted by Crippen LogP contribution is -2.42. The third kappa shape index (κ3) is 3.86. The third-order valence-corrected chi connectivity index (χ3v) is 6.48. The summed E-state index contributed by atoms with van der Waals surface area (Å²) in [5.41, 5.74) is 2.02. The average Bonchev–Trinajstić information content (AvgIpc) is 3.04. The van der Waals surface area contributed by atoms with Gasteiger partial charge in [-0.2, -0.15) is 28.4 Å². The second kappa shape index (κ2) is 7.85. The lowest BCUT2D eigenvalue weighted by molar-refractivity contribution is -0.147. The van der Waals surface area contributed by atoms with Gasteiger partial charge in [0.2, 0.25) is 10.0 Å². The molecule has 0 amide bonds. The van der Waals surface area contributed by atoms with Gasteiger partial charge in [0, 0.05) is 23.5 Å². The van der Waals surface area contributed by atoms with E-state index in [1.165, 1.54) is 18.3 Å². The fourth-order valence-corrected chi connectivity index (χ4v) is 4.39. The van der Waals surface area contributed by atoms with Crippen LogP contribution in [0, 0.1) is 22.7 Å². The first-order valence-corrected chi connectivity index (χ1v) is 10.8. The zero-order valence-corrected chi connectivity index (χ0v) is 17.6. The SMILES string of the molecule is CC(NS(=O)(=O)c1ccc(-c2c(C#N)c3cc(C#N)cnc3n2C2=CC=C2)nc1)C(F)(F)F. The second-order valence-electron chi connectivity index (χ2n) is 7.09. The van der Waals surface area contributed by atoms with Crippen molar-refractivity contribution in [2.75, 3.05) is 0 Å². The van der Waals surface area contributed by atoms with Gasteiger partial charge in [0.15, 0.2) is 0 Å². The van der Waals surface area contributed by atoms with Crippen LogP contribution in [0.25, 0.3) is 28.1 Å². The highest BCUT2D eigenvalue weighted by Gasteiger charge is 2.39. The van der Waals surface area contributed by atoms with Crippen molar-refractivity contribution in [1.82, 2.24) is 19.3 Å². The number of nitrogens with zero attached hydrogens (tertiary/aromatic N) is 5. The van der Waals surface area contributed by atoms with Crippen molar-refractivity contribution in [3.05, 3.63) is 59.9 Å². The van der Waals surface area contributed by atoms with E-state index in [9.17, 15) is 32.1 Å². The van der Waals surface area contributed by atoms with Crippen LogP contribution in [0.1, 0.15) is 18.1 Å². The highest BCUT2D eigenvalue weighted by Crippen LogP contribution is 2.36. The topological polar surface area (TPSA) is 124 Å². The number of hydrogen-bond donors (Lipinski definition) is 1. The Labute approximate surface area is 186 Å². The van der Waals surface area contributed by atoms with E-state index < -0.39 is 27.1 Å². The fraction of sp³-hybridized carbons (Fsp3) is 0.143. The van der Waals surface area contributed by atoms with Crippen molar-refractivity contribution in [1.29, 1.82) is 10.5 Å². The van der Waals surface area contributed by atoms with E-state index in [-0.39, 0.29) is 16.8 Å². The second-order valence-corrected chi connectivity index (χ2v) is 8.81. The molecule has 0 bridgehead atoms. The van der Waals surface area contributed by atoms with Crippen molar-refractivity contribution >= 4 is 26.8 Å². The molecule has 166 valence electrons. The van der Waals surface area contributed by atoms with E-state index in [1.54, 1.807) is 27.5 Å². The smallest absolute Gasteiger partial charge is 0.291 e. The maximum atomic E-state index is 12.8. The van der Waals surface area contributed by atoms with Crippen LogP contribution in [-0.2, 0) is 10.0 Å². The Bertz CT molecular complexity index is 1520. The van der Waals surface area contributed by atoms with Crippen LogP contribution in [0.5, 0.6) is 0 Å². The molecule has 3 aromatic heterocycles. The molecule has 1 unspecified atom stereocenters. The standard InChI is InChI=1S/C21H13F3N6O2S/c1-12(21(22,23)24)29-33(31,32)15-5-6-18(27-11-15)19-17(9-26)16-7-13(8-25)10-28-20(16)30(19)14-3-2-4-14/h2-7,10-12,29H,1H3. The van der Waals surface area contributed by atoms with Crippen molar-refractivity contribution in [3.8, 4) is 23.5 Å². The Morgan fingerprint density at radius 1 is 1.15 bits per heavy atom. The third-order valence-electron chi connectivity index (χ3n) is 4.95. The molecule has 1 N–H and O–H groups in total. The number of nitriles is 2. The van der Waals surface area contributed by atoms with Gasteiger partial charge in [-0.25, -0.2) is 13.4 Å². The van der Waals surface area contributed by atoms with Crippen LogP contribution in [0.3, 0.4) is 0 Å². The van der Waals surface area contributed by atoms with E-state index in [4.69, 9.17) is 0 Å². The Morgan fingerprint density at radius 2 is 1.88 bits per heavy atom. The summed E-state index contributed by atoms with van der Waals surface area (Å²) >= 11 is 0. The number of allylic oxidation sites excluding steroid dienone is 4.